The van der Waals surface area contributed by atoms with Gasteiger partial charge in [-0.1, -0.05) is 36.8 Å². The first-order valence-corrected chi connectivity index (χ1v) is 10.3. The van der Waals surface area contributed by atoms with E-state index in [1.54, 1.807) is 0 Å². The summed E-state index contributed by atoms with van der Waals surface area (Å²) in [5.41, 5.74) is 0.956. The van der Waals surface area contributed by atoms with Crippen LogP contribution in [0.15, 0.2) is 30.3 Å². The summed E-state index contributed by atoms with van der Waals surface area (Å²) in [5, 5.41) is 5.53. The first-order valence-electron chi connectivity index (χ1n) is 9.17. The zero-order chi connectivity index (χ0) is 19.6. The Hall–Kier alpha value is -1.77. The minimum absolute atomic E-state index is 0.0224. The summed E-state index contributed by atoms with van der Waals surface area (Å²) in [4.78, 5) is 23.2. The highest BCUT2D eigenvalue weighted by molar-refractivity contribution is 7.93. The van der Waals surface area contributed by atoms with Gasteiger partial charge in [-0.15, -0.1) is 0 Å². The molecule has 2 amide bonds. The van der Waals surface area contributed by atoms with Crippen molar-refractivity contribution in [3.05, 3.63) is 35.9 Å². The molecule has 2 N–H and O–H groups in total. The molecule has 0 unspecified atom stereocenters. The Morgan fingerprint density at radius 3 is 2.56 bits per heavy atom. The lowest BCUT2D eigenvalue weighted by atomic mass is 10.2. The number of hydrogen-bond acceptors (Lipinski definition) is 6. The molecule has 0 aliphatic heterocycles. The number of carbonyl (C=O) groups is 2. The highest BCUT2D eigenvalue weighted by atomic mass is 32.2. The second-order valence-corrected chi connectivity index (χ2v) is 6.32. The number of alkyl carbamates (subject to hydrolysis) is 1. The Balaban J connectivity index is 1.87. The molecular formula is C19H30N2O5S. The van der Waals surface area contributed by atoms with Crippen molar-refractivity contribution in [1.29, 1.82) is 0 Å². The Morgan fingerprint density at radius 1 is 0.963 bits per heavy atom. The Kier molecular flexibility index (Phi) is 14.1. The minimum Gasteiger partial charge on any atom is -0.445 e. The van der Waals surface area contributed by atoms with Gasteiger partial charge in [-0.3, -0.25) is 4.79 Å². The van der Waals surface area contributed by atoms with E-state index >= 15 is 0 Å². The van der Waals surface area contributed by atoms with Gasteiger partial charge < -0.3 is 24.3 Å². The lowest BCUT2D eigenvalue weighted by Crippen LogP contribution is -2.27. The number of ether oxygens (including phenoxy) is 2. The molecule has 0 bridgehead atoms. The van der Waals surface area contributed by atoms with Crippen LogP contribution in [0, 0.1) is 0 Å². The molecule has 1 aromatic carbocycles. The van der Waals surface area contributed by atoms with Crippen molar-refractivity contribution < 1.29 is 23.2 Å². The first kappa shape index (κ1) is 23.3. The second kappa shape index (κ2) is 16.4. The number of rotatable bonds is 15. The van der Waals surface area contributed by atoms with Crippen molar-refractivity contribution in [2.75, 3.05) is 39.2 Å². The van der Waals surface area contributed by atoms with Gasteiger partial charge in [0.05, 0.1) is 19.8 Å². The Morgan fingerprint density at radius 2 is 1.78 bits per heavy atom. The molecule has 1 rings (SSSR count). The van der Waals surface area contributed by atoms with E-state index in [2.05, 4.69) is 10.6 Å². The van der Waals surface area contributed by atoms with Crippen molar-refractivity contribution >= 4 is 24.0 Å². The third-order valence-corrected chi connectivity index (χ3v) is 3.96. The van der Waals surface area contributed by atoms with E-state index in [0.717, 1.165) is 24.8 Å². The monoisotopic (exact) mass is 398 g/mol. The molecule has 7 nitrogen and oxygen atoms in total. The molecule has 0 aromatic heterocycles. The van der Waals surface area contributed by atoms with Crippen LogP contribution >= 0.6 is 12.0 Å². The van der Waals surface area contributed by atoms with Crippen LogP contribution in [0.5, 0.6) is 0 Å². The van der Waals surface area contributed by atoms with E-state index in [-0.39, 0.29) is 12.5 Å². The zero-order valence-corrected chi connectivity index (χ0v) is 16.7. The van der Waals surface area contributed by atoms with Gasteiger partial charge in [-0.2, -0.15) is 0 Å². The topological polar surface area (TPSA) is 85.9 Å². The summed E-state index contributed by atoms with van der Waals surface area (Å²) in [6, 6.07) is 9.54. The fourth-order valence-corrected chi connectivity index (χ4v) is 2.42. The average Bonchev–Trinajstić information content (AvgIpc) is 2.69. The van der Waals surface area contributed by atoms with E-state index in [0.29, 0.717) is 39.3 Å². The maximum absolute atomic E-state index is 11.7. The minimum atomic E-state index is -0.417. The van der Waals surface area contributed by atoms with Crippen LogP contribution in [0.4, 0.5) is 4.79 Å². The molecule has 0 aliphatic rings. The fourth-order valence-electron chi connectivity index (χ4n) is 2.18. The van der Waals surface area contributed by atoms with Crippen LogP contribution in [0.1, 0.15) is 31.2 Å². The van der Waals surface area contributed by atoms with Crippen molar-refractivity contribution in [3.63, 3.8) is 0 Å². The first-order chi connectivity index (χ1) is 13.2. The predicted octanol–water partition coefficient (Wildman–Crippen LogP) is 2.90. The normalized spacial score (nSPS) is 10.4. The molecule has 27 heavy (non-hydrogen) atoms. The molecule has 0 atom stereocenters. The summed E-state index contributed by atoms with van der Waals surface area (Å²) in [6.07, 6.45) is 4.39. The fraction of sp³-hybridized carbons (Fsp3) is 0.579. The summed E-state index contributed by atoms with van der Waals surface area (Å²) in [5.74, 6) is 0.0224. The molecule has 0 fully saturated rings. The van der Waals surface area contributed by atoms with Crippen LogP contribution in [-0.2, 0) is 25.1 Å². The predicted molar refractivity (Wildman–Crippen MR) is 106 cm³/mol. The van der Waals surface area contributed by atoms with Gasteiger partial charge in [0, 0.05) is 25.8 Å². The lowest BCUT2D eigenvalue weighted by Gasteiger charge is -2.08. The number of benzene rings is 1. The third-order valence-electron chi connectivity index (χ3n) is 3.56. The van der Waals surface area contributed by atoms with Crippen molar-refractivity contribution in [1.82, 2.24) is 10.6 Å². The summed E-state index contributed by atoms with van der Waals surface area (Å²) in [6.45, 7) is 2.87. The highest BCUT2D eigenvalue weighted by Gasteiger charge is 2.03. The maximum Gasteiger partial charge on any atom is 0.407 e. The smallest absolute Gasteiger partial charge is 0.407 e. The molecule has 0 saturated carbocycles. The van der Waals surface area contributed by atoms with Gasteiger partial charge in [0.2, 0.25) is 5.91 Å². The molecular weight excluding hydrogens is 368 g/mol. The number of amides is 2. The quantitative estimate of drug-likeness (QED) is 0.349. The van der Waals surface area contributed by atoms with Crippen molar-refractivity contribution in [3.8, 4) is 0 Å². The summed E-state index contributed by atoms with van der Waals surface area (Å²) in [7, 11) is 0. The molecule has 8 heteroatoms. The number of carbonyl (C=O) groups excluding carboxylic acids is 2. The lowest BCUT2D eigenvalue weighted by molar-refractivity contribution is -0.121. The molecule has 0 aliphatic carbocycles. The standard InChI is InChI=1S/C19H30N2O5S/c1-27-26-15-14-24-13-12-20-18(22)10-6-3-7-11-21-19(23)25-16-17-8-4-2-5-9-17/h2,4-5,8-9H,3,6-7,10-16H2,1H3,(H,20,22)(H,21,23). The summed E-state index contributed by atoms with van der Waals surface area (Å²) >= 11 is 1.31. The van der Waals surface area contributed by atoms with Gasteiger partial charge in [0.15, 0.2) is 0 Å². The van der Waals surface area contributed by atoms with Gasteiger partial charge in [0.1, 0.15) is 6.61 Å². The molecule has 0 saturated heterocycles. The Bertz CT molecular complexity index is 516. The van der Waals surface area contributed by atoms with Gasteiger partial charge in [0.25, 0.3) is 0 Å². The average molecular weight is 399 g/mol. The largest absolute Gasteiger partial charge is 0.445 e. The molecule has 152 valence electrons. The van der Waals surface area contributed by atoms with Crippen molar-refractivity contribution in [2.24, 2.45) is 0 Å². The second-order valence-electron chi connectivity index (χ2n) is 5.75. The van der Waals surface area contributed by atoms with E-state index in [4.69, 9.17) is 13.7 Å². The highest BCUT2D eigenvalue weighted by Crippen LogP contribution is 2.01. The molecule has 0 heterocycles. The van der Waals surface area contributed by atoms with Crippen LogP contribution < -0.4 is 10.6 Å². The van der Waals surface area contributed by atoms with E-state index in [9.17, 15) is 9.59 Å². The van der Waals surface area contributed by atoms with E-state index < -0.39 is 6.09 Å². The van der Waals surface area contributed by atoms with Crippen LogP contribution in [0.3, 0.4) is 0 Å². The SMILES string of the molecule is CSOCCOCCNC(=O)CCCCCNC(=O)OCc1ccccc1. The third kappa shape index (κ3) is 14.0. The number of nitrogens with one attached hydrogen (secondary N) is 2. The van der Waals surface area contributed by atoms with E-state index in [1.165, 1.54) is 12.0 Å². The molecule has 0 spiro atoms. The van der Waals surface area contributed by atoms with E-state index in [1.807, 2.05) is 36.6 Å². The number of hydrogen-bond donors (Lipinski definition) is 2. The number of unbranched alkanes of at least 4 members (excludes halogenated alkanes) is 2. The van der Waals surface area contributed by atoms with Gasteiger partial charge in [-0.25, -0.2) is 4.79 Å². The molecule has 1 aromatic rings. The maximum atomic E-state index is 11.7. The zero-order valence-electron chi connectivity index (χ0n) is 15.9. The Labute approximate surface area is 165 Å². The van der Waals surface area contributed by atoms with Gasteiger partial charge >= 0.3 is 6.09 Å². The van der Waals surface area contributed by atoms with Crippen LogP contribution in [0.2, 0.25) is 0 Å². The molecule has 0 radical (unpaired) electrons. The van der Waals surface area contributed by atoms with Crippen LogP contribution in [-0.4, -0.2) is 51.2 Å². The van der Waals surface area contributed by atoms with Crippen molar-refractivity contribution in [2.45, 2.75) is 32.3 Å². The van der Waals surface area contributed by atoms with Crippen LogP contribution in [0.25, 0.3) is 0 Å². The summed E-state index contributed by atoms with van der Waals surface area (Å²) < 4.78 is 15.5. The van der Waals surface area contributed by atoms with Gasteiger partial charge in [-0.05, 0) is 30.4 Å².